The minimum Gasteiger partial charge on any atom is -0.444 e. The Kier molecular flexibility index (Phi) is 5.25. The highest BCUT2D eigenvalue weighted by Crippen LogP contribution is 2.25. The molecule has 3 N–H and O–H groups in total. The summed E-state index contributed by atoms with van der Waals surface area (Å²) >= 11 is 0. The Morgan fingerprint density at radius 2 is 1.94 bits per heavy atom. The molecular formula is C13H26N2O2. The van der Waals surface area contributed by atoms with Gasteiger partial charge in [0.25, 0.3) is 0 Å². The Balaban J connectivity index is 2.22. The van der Waals surface area contributed by atoms with Crippen molar-refractivity contribution in [3.05, 3.63) is 0 Å². The molecule has 17 heavy (non-hydrogen) atoms. The molecule has 1 fully saturated rings. The van der Waals surface area contributed by atoms with Gasteiger partial charge in [0.15, 0.2) is 0 Å². The van der Waals surface area contributed by atoms with Crippen molar-refractivity contribution in [2.75, 3.05) is 6.54 Å². The van der Waals surface area contributed by atoms with Gasteiger partial charge in [0, 0.05) is 12.6 Å². The lowest BCUT2D eigenvalue weighted by atomic mass is 9.84. The van der Waals surface area contributed by atoms with Crippen LogP contribution in [-0.2, 0) is 4.74 Å². The molecule has 0 aromatic rings. The van der Waals surface area contributed by atoms with Gasteiger partial charge < -0.3 is 15.8 Å². The summed E-state index contributed by atoms with van der Waals surface area (Å²) in [6, 6.07) is 0.0582. The van der Waals surface area contributed by atoms with Gasteiger partial charge in [0.2, 0.25) is 0 Å². The van der Waals surface area contributed by atoms with Gasteiger partial charge in [0.1, 0.15) is 5.60 Å². The van der Waals surface area contributed by atoms with E-state index in [0.29, 0.717) is 12.5 Å². The molecule has 0 heterocycles. The summed E-state index contributed by atoms with van der Waals surface area (Å²) < 4.78 is 5.17. The molecule has 0 aromatic carbocycles. The molecule has 1 aliphatic carbocycles. The zero-order chi connectivity index (χ0) is 12.9. The van der Waals surface area contributed by atoms with E-state index in [9.17, 15) is 4.79 Å². The first-order valence-electron chi connectivity index (χ1n) is 6.61. The van der Waals surface area contributed by atoms with Crippen molar-refractivity contribution in [2.45, 2.75) is 64.5 Å². The Morgan fingerprint density at radius 3 is 2.47 bits per heavy atom. The van der Waals surface area contributed by atoms with Gasteiger partial charge in [-0.1, -0.05) is 19.3 Å². The Labute approximate surface area is 104 Å². The fraction of sp³-hybridized carbons (Fsp3) is 0.923. The molecule has 1 aliphatic rings. The van der Waals surface area contributed by atoms with Gasteiger partial charge in [-0.05, 0) is 39.5 Å². The van der Waals surface area contributed by atoms with Crippen LogP contribution in [0.15, 0.2) is 0 Å². The second-order valence-electron chi connectivity index (χ2n) is 5.94. The summed E-state index contributed by atoms with van der Waals surface area (Å²) in [7, 11) is 0. The lowest BCUT2D eigenvalue weighted by Gasteiger charge is -2.28. The smallest absolute Gasteiger partial charge is 0.407 e. The molecule has 1 saturated carbocycles. The first kappa shape index (κ1) is 14.3. The van der Waals surface area contributed by atoms with Crippen LogP contribution in [0.1, 0.15) is 52.9 Å². The SMILES string of the molecule is CC(C)(C)OC(=O)NC[C@H](N)C1CCCCC1. The van der Waals surface area contributed by atoms with Crippen LogP contribution < -0.4 is 11.1 Å². The summed E-state index contributed by atoms with van der Waals surface area (Å²) in [5.41, 5.74) is 5.64. The van der Waals surface area contributed by atoms with E-state index in [4.69, 9.17) is 10.5 Å². The van der Waals surface area contributed by atoms with Crippen molar-refractivity contribution in [3.8, 4) is 0 Å². The van der Waals surface area contributed by atoms with Gasteiger partial charge in [-0.2, -0.15) is 0 Å². The summed E-state index contributed by atoms with van der Waals surface area (Å²) in [6.45, 7) is 6.08. The number of ether oxygens (including phenoxy) is 1. The predicted molar refractivity (Wildman–Crippen MR) is 68.8 cm³/mol. The highest BCUT2D eigenvalue weighted by molar-refractivity contribution is 5.67. The minimum absolute atomic E-state index is 0.0582. The highest BCUT2D eigenvalue weighted by Gasteiger charge is 2.22. The normalized spacial score (nSPS) is 19.8. The molecule has 4 heteroatoms. The second kappa shape index (κ2) is 6.24. The third-order valence-corrected chi connectivity index (χ3v) is 3.14. The largest absolute Gasteiger partial charge is 0.444 e. The van der Waals surface area contributed by atoms with Gasteiger partial charge in [-0.3, -0.25) is 0 Å². The molecule has 0 aromatic heterocycles. The number of carbonyl (C=O) groups excluding carboxylic acids is 1. The maximum absolute atomic E-state index is 11.5. The van der Waals surface area contributed by atoms with Gasteiger partial charge in [-0.15, -0.1) is 0 Å². The number of nitrogens with one attached hydrogen (secondary N) is 1. The minimum atomic E-state index is -0.445. The monoisotopic (exact) mass is 242 g/mol. The third-order valence-electron chi connectivity index (χ3n) is 3.14. The molecule has 0 aliphatic heterocycles. The van der Waals surface area contributed by atoms with Crippen molar-refractivity contribution in [2.24, 2.45) is 11.7 Å². The fourth-order valence-corrected chi connectivity index (χ4v) is 2.24. The van der Waals surface area contributed by atoms with E-state index < -0.39 is 5.60 Å². The lowest BCUT2D eigenvalue weighted by molar-refractivity contribution is 0.0519. The maximum atomic E-state index is 11.5. The molecule has 1 atom stereocenters. The predicted octanol–water partition coefficient (Wildman–Crippen LogP) is 2.42. The number of amides is 1. The van der Waals surface area contributed by atoms with Crippen LogP contribution in [0.3, 0.4) is 0 Å². The summed E-state index contributed by atoms with van der Waals surface area (Å²) in [6.07, 6.45) is 5.87. The lowest BCUT2D eigenvalue weighted by Crippen LogP contribution is -2.44. The first-order chi connectivity index (χ1) is 7.88. The molecule has 4 nitrogen and oxygen atoms in total. The number of hydrogen-bond donors (Lipinski definition) is 2. The molecule has 0 spiro atoms. The van der Waals surface area contributed by atoms with E-state index in [1.807, 2.05) is 20.8 Å². The molecule has 100 valence electrons. The zero-order valence-corrected chi connectivity index (χ0v) is 11.3. The van der Waals surface area contributed by atoms with Crippen LogP contribution in [0.2, 0.25) is 0 Å². The van der Waals surface area contributed by atoms with Gasteiger partial charge in [0.05, 0.1) is 0 Å². The topological polar surface area (TPSA) is 64.3 Å². The van der Waals surface area contributed by atoms with E-state index in [2.05, 4.69) is 5.32 Å². The number of rotatable bonds is 3. The van der Waals surface area contributed by atoms with E-state index in [1.54, 1.807) is 0 Å². The Hall–Kier alpha value is -0.770. The van der Waals surface area contributed by atoms with Crippen molar-refractivity contribution in [1.82, 2.24) is 5.32 Å². The number of hydrogen-bond acceptors (Lipinski definition) is 3. The molecule has 1 rings (SSSR count). The van der Waals surface area contributed by atoms with Crippen LogP contribution in [0.25, 0.3) is 0 Å². The first-order valence-corrected chi connectivity index (χ1v) is 6.61. The van der Waals surface area contributed by atoms with Crippen LogP contribution in [0.5, 0.6) is 0 Å². The Morgan fingerprint density at radius 1 is 1.35 bits per heavy atom. The average molecular weight is 242 g/mol. The fourth-order valence-electron chi connectivity index (χ4n) is 2.24. The van der Waals surface area contributed by atoms with E-state index in [-0.39, 0.29) is 12.1 Å². The molecule has 0 saturated heterocycles. The quantitative estimate of drug-likeness (QED) is 0.799. The second-order valence-corrected chi connectivity index (χ2v) is 5.94. The van der Waals surface area contributed by atoms with E-state index in [1.165, 1.54) is 32.1 Å². The molecule has 0 unspecified atom stereocenters. The standard InChI is InChI=1S/C13H26N2O2/c1-13(2,3)17-12(16)15-9-11(14)10-7-5-4-6-8-10/h10-11H,4-9,14H2,1-3H3,(H,15,16)/t11-/m0/s1. The van der Waals surface area contributed by atoms with Gasteiger partial charge in [-0.25, -0.2) is 4.79 Å². The summed E-state index contributed by atoms with van der Waals surface area (Å²) in [5.74, 6) is 0.554. The number of alkyl carbamates (subject to hydrolysis) is 1. The molecule has 0 bridgehead atoms. The van der Waals surface area contributed by atoms with Crippen LogP contribution >= 0.6 is 0 Å². The van der Waals surface area contributed by atoms with Crippen molar-refractivity contribution in [3.63, 3.8) is 0 Å². The number of nitrogens with two attached hydrogens (primary N) is 1. The summed E-state index contributed by atoms with van der Waals surface area (Å²) in [5, 5.41) is 2.75. The molecular weight excluding hydrogens is 216 g/mol. The maximum Gasteiger partial charge on any atom is 0.407 e. The van der Waals surface area contributed by atoms with Crippen LogP contribution in [0.4, 0.5) is 4.79 Å². The van der Waals surface area contributed by atoms with Crippen molar-refractivity contribution in [1.29, 1.82) is 0 Å². The zero-order valence-electron chi connectivity index (χ0n) is 11.3. The van der Waals surface area contributed by atoms with Crippen molar-refractivity contribution >= 4 is 6.09 Å². The summed E-state index contributed by atoms with van der Waals surface area (Å²) in [4.78, 5) is 11.5. The Bertz CT molecular complexity index is 242. The highest BCUT2D eigenvalue weighted by atomic mass is 16.6. The molecule has 0 radical (unpaired) electrons. The van der Waals surface area contributed by atoms with E-state index >= 15 is 0 Å². The molecule has 1 amide bonds. The van der Waals surface area contributed by atoms with E-state index in [0.717, 1.165) is 0 Å². The average Bonchev–Trinajstić information content (AvgIpc) is 2.25. The van der Waals surface area contributed by atoms with Crippen molar-refractivity contribution < 1.29 is 9.53 Å². The van der Waals surface area contributed by atoms with Gasteiger partial charge >= 0.3 is 6.09 Å². The third kappa shape index (κ3) is 5.91. The van der Waals surface area contributed by atoms with Crippen LogP contribution in [0, 0.1) is 5.92 Å². The number of carbonyl (C=O) groups is 1. The van der Waals surface area contributed by atoms with Crippen LogP contribution in [-0.4, -0.2) is 24.3 Å².